The maximum atomic E-state index is 12.3. The number of amides is 1. The number of carbonyl (C=O) groups is 2. The number of ether oxygens (including phenoxy) is 1. The Morgan fingerprint density at radius 2 is 2.00 bits per heavy atom. The maximum Gasteiger partial charge on any atom is 0.334 e. The zero-order chi connectivity index (χ0) is 16.7. The summed E-state index contributed by atoms with van der Waals surface area (Å²) in [4.78, 5) is 23.6. The molecule has 22 heavy (non-hydrogen) atoms. The van der Waals surface area contributed by atoms with Crippen LogP contribution >= 0.6 is 11.8 Å². The Bertz CT molecular complexity index is 529. The molecule has 1 N–H and O–H groups in total. The Balaban J connectivity index is 2.87. The fraction of sp³-hybridized carbons (Fsp3) is 0.529. The molecule has 0 aliphatic heterocycles. The SMILES string of the molecule is CSCC[C@H](NC(C)=O)C(=O)Oc1cc(C(C)C)ccc1C. The third kappa shape index (κ3) is 5.72. The number of aryl methyl sites for hydroxylation is 1. The predicted octanol–water partition coefficient (Wildman–Crippen LogP) is 3.28. The van der Waals surface area contributed by atoms with Crippen LogP contribution in [0.3, 0.4) is 0 Å². The van der Waals surface area contributed by atoms with Gasteiger partial charge in [0.25, 0.3) is 0 Å². The molecule has 122 valence electrons. The summed E-state index contributed by atoms with van der Waals surface area (Å²) in [5.41, 5.74) is 2.03. The average Bonchev–Trinajstić information content (AvgIpc) is 2.45. The Kier molecular flexibility index (Phi) is 7.45. The zero-order valence-electron chi connectivity index (χ0n) is 13.9. The first kappa shape index (κ1) is 18.6. The van der Waals surface area contributed by atoms with E-state index >= 15 is 0 Å². The van der Waals surface area contributed by atoms with Gasteiger partial charge < -0.3 is 10.1 Å². The Morgan fingerprint density at radius 3 is 2.55 bits per heavy atom. The van der Waals surface area contributed by atoms with Crippen LogP contribution in [0, 0.1) is 6.92 Å². The highest BCUT2D eigenvalue weighted by atomic mass is 32.2. The summed E-state index contributed by atoms with van der Waals surface area (Å²) < 4.78 is 5.53. The van der Waals surface area contributed by atoms with Gasteiger partial charge in [0.1, 0.15) is 11.8 Å². The summed E-state index contributed by atoms with van der Waals surface area (Å²) in [6.45, 7) is 7.50. The largest absolute Gasteiger partial charge is 0.425 e. The lowest BCUT2D eigenvalue weighted by molar-refractivity contribution is -0.139. The van der Waals surface area contributed by atoms with Crippen molar-refractivity contribution in [2.75, 3.05) is 12.0 Å². The molecule has 0 spiro atoms. The fourth-order valence-electron chi connectivity index (χ4n) is 2.00. The lowest BCUT2D eigenvalue weighted by Gasteiger charge is -2.18. The van der Waals surface area contributed by atoms with Gasteiger partial charge in [-0.2, -0.15) is 11.8 Å². The van der Waals surface area contributed by atoms with E-state index in [4.69, 9.17) is 4.74 Å². The van der Waals surface area contributed by atoms with Gasteiger partial charge in [0.2, 0.25) is 5.91 Å². The molecule has 0 unspecified atom stereocenters. The summed E-state index contributed by atoms with van der Waals surface area (Å²) in [5.74, 6) is 1.07. The molecule has 0 bridgehead atoms. The summed E-state index contributed by atoms with van der Waals surface area (Å²) >= 11 is 1.63. The van der Waals surface area contributed by atoms with E-state index in [1.165, 1.54) is 6.92 Å². The first-order valence-electron chi connectivity index (χ1n) is 7.43. The molecule has 0 aliphatic rings. The fourth-order valence-corrected chi connectivity index (χ4v) is 2.47. The molecule has 1 aromatic carbocycles. The van der Waals surface area contributed by atoms with Gasteiger partial charge in [-0.15, -0.1) is 0 Å². The molecular formula is C17H25NO3S. The van der Waals surface area contributed by atoms with Crippen LogP contribution in [0.2, 0.25) is 0 Å². The lowest BCUT2D eigenvalue weighted by Crippen LogP contribution is -2.42. The standard InChI is InChI=1S/C17H25NO3S/c1-11(2)14-7-6-12(3)16(10-14)21-17(20)15(8-9-22-5)18-13(4)19/h6-7,10-11,15H,8-9H2,1-5H3,(H,18,19)/t15-/m0/s1. The minimum Gasteiger partial charge on any atom is -0.425 e. The number of carbonyl (C=O) groups excluding carboxylic acids is 2. The van der Waals surface area contributed by atoms with Crippen molar-refractivity contribution in [3.05, 3.63) is 29.3 Å². The number of thioether (sulfide) groups is 1. The maximum absolute atomic E-state index is 12.3. The lowest BCUT2D eigenvalue weighted by atomic mass is 10.0. The molecule has 0 heterocycles. The van der Waals surface area contributed by atoms with Gasteiger partial charge >= 0.3 is 5.97 Å². The number of nitrogens with one attached hydrogen (secondary N) is 1. The second kappa shape index (κ2) is 8.83. The number of hydrogen-bond donors (Lipinski definition) is 1. The molecule has 0 aromatic heterocycles. The minimum atomic E-state index is -0.605. The van der Waals surface area contributed by atoms with Gasteiger partial charge in [-0.25, -0.2) is 4.79 Å². The minimum absolute atomic E-state index is 0.226. The number of benzene rings is 1. The van der Waals surface area contributed by atoms with Crippen LogP contribution in [0.1, 0.15) is 44.2 Å². The van der Waals surface area contributed by atoms with E-state index in [9.17, 15) is 9.59 Å². The molecule has 4 nitrogen and oxygen atoms in total. The highest BCUT2D eigenvalue weighted by Crippen LogP contribution is 2.24. The van der Waals surface area contributed by atoms with Gasteiger partial charge in [0.15, 0.2) is 0 Å². The Morgan fingerprint density at radius 1 is 1.32 bits per heavy atom. The summed E-state index contributed by atoms with van der Waals surface area (Å²) in [6, 6.07) is 5.29. The quantitative estimate of drug-likeness (QED) is 0.618. The van der Waals surface area contributed by atoms with Gasteiger partial charge in [-0.05, 0) is 48.5 Å². The average molecular weight is 323 g/mol. The van der Waals surface area contributed by atoms with Gasteiger partial charge in [0.05, 0.1) is 0 Å². The van der Waals surface area contributed by atoms with Crippen LogP contribution in [0.5, 0.6) is 5.75 Å². The van der Waals surface area contributed by atoms with E-state index in [0.29, 0.717) is 18.1 Å². The van der Waals surface area contributed by atoms with Crippen molar-refractivity contribution in [2.45, 2.75) is 46.1 Å². The summed E-state index contributed by atoms with van der Waals surface area (Å²) in [5, 5.41) is 2.66. The highest BCUT2D eigenvalue weighted by Gasteiger charge is 2.22. The first-order valence-corrected chi connectivity index (χ1v) is 8.82. The second-order valence-corrected chi connectivity index (χ2v) is 6.62. The summed E-state index contributed by atoms with van der Waals surface area (Å²) in [6.07, 6.45) is 2.52. The van der Waals surface area contributed by atoms with Crippen molar-refractivity contribution in [1.82, 2.24) is 5.32 Å². The molecule has 0 saturated carbocycles. The van der Waals surface area contributed by atoms with E-state index in [0.717, 1.165) is 16.9 Å². The number of rotatable bonds is 7. The highest BCUT2D eigenvalue weighted by molar-refractivity contribution is 7.98. The first-order chi connectivity index (χ1) is 10.3. The molecule has 0 radical (unpaired) electrons. The topological polar surface area (TPSA) is 55.4 Å². The van der Waals surface area contributed by atoms with Crippen molar-refractivity contribution in [2.24, 2.45) is 0 Å². The van der Waals surface area contributed by atoms with Gasteiger partial charge in [-0.1, -0.05) is 26.0 Å². The molecule has 0 saturated heterocycles. The van der Waals surface area contributed by atoms with Gasteiger partial charge in [-0.3, -0.25) is 4.79 Å². The smallest absolute Gasteiger partial charge is 0.334 e. The van der Waals surface area contributed by atoms with Crippen LogP contribution in [-0.2, 0) is 9.59 Å². The molecule has 1 aromatic rings. The van der Waals surface area contributed by atoms with Gasteiger partial charge in [0, 0.05) is 6.92 Å². The van der Waals surface area contributed by atoms with E-state index in [1.807, 2.05) is 31.4 Å². The number of hydrogen-bond acceptors (Lipinski definition) is 4. The van der Waals surface area contributed by atoms with E-state index < -0.39 is 12.0 Å². The van der Waals surface area contributed by atoms with Crippen LogP contribution in [0.15, 0.2) is 18.2 Å². The molecule has 0 fully saturated rings. The molecule has 0 aliphatic carbocycles. The third-order valence-corrected chi connectivity index (χ3v) is 4.01. The second-order valence-electron chi connectivity index (χ2n) is 5.64. The van der Waals surface area contributed by atoms with Crippen molar-refractivity contribution in [3.8, 4) is 5.75 Å². The predicted molar refractivity (Wildman–Crippen MR) is 91.5 cm³/mol. The zero-order valence-corrected chi connectivity index (χ0v) is 14.8. The van der Waals surface area contributed by atoms with Crippen molar-refractivity contribution in [1.29, 1.82) is 0 Å². The monoisotopic (exact) mass is 323 g/mol. The van der Waals surface area contributed by atoms with E-state index in [1.54, 1.807) is 11.8 Å². The van der Waals surface area contributed by atoms with E-state index in [2.05, 4.69) is 19.2 Å². The molecule has 1 amide bonds. The van der Waals surface area contributed by atoms with Crippen LogP contribution in [-0.4, -0.2) is 29.9 Å². The van der Waals surface area contributed by atoms with Crippen LogP contribution in [0.25, 0.3) is 0 Å². The molecule has 5 heteroatoms. The molecule has 1 rings (SSSR count). The van der Waals surface area contributed by atoms with Crippen molar-refractivity contribution >= 4 is 23.6 Å². The normalized spacial score (nSPS) is 12.1. The Hall–Kier alpha value is -1.49. The molecule has 1 atom stereocenters. The van der Waals surface area contributed by atoms with Crippen LogP contribution < -0.4 is 10.1 Å². The van der Waals surface area contributed by atoms with Crippen LogP contribution in [0.4, 0.5) is 0 Å². The summed E-state index contributed by atoms with van der Waals surface area (Å²) in [7, 11) is 0. The van der Waals surface area contributed by atoms with Crippen molar-refractivity contribution in [3.63, 3.8) is 0 Å². The van der Waals surface area contributed by atoms with Crippen molar-refractivity contribution < 1.29 is 14.3 Å². The number of esters is 1. The molecular weight excluding hydrogens is 298 g/mol. The third-order valence-electron chi connectivity index (χ3n) is 3.36. The Labute approximate surface area is 137 Å². The van der Waals surface area contributed by atoms with E-state index in [-0.39, 0.29) is 5.91 Å².